The lowest BCUT2D eigenvalue weighted by Gasteiger charge is -2.27. The monoisotopic (exact) mass is 534 g/mol. The van der Waals surface area contributed by atoms with Gasteiger partial charge < -0.3 is 19.7 Å². The van der Waals surface area contributed by atoms with E-state index in [1.807, 2.05) is 79.0 Å². The fourth-order valence-electron chi connectivity index (χ4n) is 5.21. The van der Waals surface area contributed by atoms with Gasteiger partial charge in [0.25, 0.3) is 5.91 Å². The van der Waals surface area contributed by atoms with Gasteiger partial charge in [0.15, 0.2) is 11.5 Å². The Morgan fingerprint density at radius 3 is 2.45 bits per heavy atom. The Balaban J connectivity index is 1.49. The van der Waals surface area contributed by atoms with E-state index in [1.165, 1.54) is 6.08 Å². The van der Waals surface area contributed by atoms with E-state index in [9.17, 15) is 14.7 Å². The van der Waals surface area contributed by atoms with Gasteiger partial charge in [0.2, 0.25) is 0 Å². The Morgan fingerprint density at radius 2 is 1.77 bits per heavy atom. The van der Waals surface area contributed by atoms with Gasteiger partial charge in [-0.2, -0.15) is 0 Å². The molecule has 1 aliphatic heterocycles. The van der Waals surface area contributed by atoms with E-state index in [0.29, 0.717) is 13.0 Å². The molecule has 0 bridgehead atoms. The number of aliphatic hydroxyl groups excluding tert-OH is 1. The molecule has 0 spiro atoms. The molecule has 3 aromatic carbocycles. The smallest absolute Gasteiger partial charge is 0.290 e. The maximum atomic E-state index is 13.5. The van der Waals surface area contributed by atoms with E-state index in [2.05, 4.69) is 25.8 Å². The molecule has 204 valence electrons. The molecule has 40 heavy (non-hydrogen) atoms. The van der Waals surface area contributed by atoms with Gasteiger partial charge in [-0.1, -0.05) is 81.4 Å². The Labute approximate surface area is 234 Å². The summed E-state index contributed by atoms with van der Waals surface area (Å²) in [5.41, 5.74) is 4.83. The highest BCUT2D eigenvalue weighted by atomic mass is 16.5. The molecule has 0 saturated carbocycles. The fraction of sp³-hybridized carbons (Fsp3) is 0.235. The number of aromatic nitrogens is 1. The number of ketones is 1. The van der Waals surface area contributed by atoms with Crippen LogP contribution in [0.15, 0.2) is 96.4 Å². The number of carbonyl (C=O) groups is 2. The molecule has 1 atom stereocenters. The summed E-state index contributed by atoms with van der Waals surface area (Å²) in [6, 6.07) is 22.6. The van der Waals surface area contributed by atoms with Crippen LogP contribution in [0.5, 0.6) is 5.75 Å². The van der Waals surface area contributed by atoms with Crippen molar-refractivity contribution >= 4 is 28.7 Å². The van der Waals surface area contributed by atoms with Crippen LogP contribution in [0.2, 0.25) is 0 Å². The number of nitrogens with one attached hydrogen (secondary N) is 1. The van der Waals surface area contributed by atoms with Crippen molar-refractivity contribution in [2.45, 2.75) is 38.6 Å². The third-order valence-corrected chi connectivity index (χ3v) is 7.48. The lowest BCUT2D eigenvalue weighted by Crippen LogP contribution is -2.33. The first-order valence-corrected chi connectivity index (χ1v) is 13.4. The number of ether oxygens (including phenoxy) is 1. The highest BCUT2D eigenvalue weighted by Crippen LogP contribution is 2.39. The Hall–Kier alpha value is -4.58. The van der Waals surface area contributed by atoms with Crippen LogP contribution in [0.4, 0.5) is 0 Å². The highest BCUT2D eigenvalue weighted by molar-refractivity contribution is 6.14. The molecule has 2 heterocycles. The fourth-order valence-corrected chi connectivity index (χ4v) is 5.21. The number of hydrogen-bond acceptors (Lipinski definition) is 4. The van der Waals surface area contributed by atoms with Gasteiger partial charge in [0, 0.05) is 23.6 Å². The molecule has 1 aliphatic rings. The SMILES string of the molecule is COc1ccc2[nH]cc(CCN3C(=O)C(O)=C(C(=O)/C=C/c4ccccc4)[C@H]3c3ccc(C(C)(C)C)cc3)c2c1. The second kappa shape index (κ2) is 10.9. The summed E-state index contributed by atoms with van der Waals surface area (Å²) in [5, 5.41) is 12.0. The van der Waals surface area contributed by atoms with E-state index in [-0.39, 0.29) is 16.8 Å². The van der Waals surface area contributed by atoms with Crippen LogP contribution in [0.3, 0.4) is 0 Å². The number of allylic oxidation sites excluding steroid dienone is 1. The number of carbonyl (C=O) groups excluding carboxylic acids is 2. The van der Waals surface area contributed by atoms with Crippen molar-refractivity contribution in [3.63, 3.8) is 0 Å². The van der Waals surface area contributed by atoms with Crippen LogP contribution >= 0.6 is 0 Å². The molecule has 2 N–H and O–H groups in total. The Kier molecular flexibility index (Phi) is 7.35. The molecule has 0 radical (unpaired) electrons. The van der Waals surface area contributed by atoms with Gasteiger partial charge in [-0.3, -0.25) is 9.59 Å². The first-order valence-electron chi connectivity index (χ1n) is 13.4. The summed E-state index contributed by atoms with van der Waals surface area (Å²) < 4.78 is 5.40. The summed E-state index contributed by atoms with van der Waals surface area (Å²) in [7, 11) is 1.63. The summed E-state index contributed by atoms with van der Waals surface area (Å²) >= 11 is 0. The summed E-state index contributed by atoms with van der Waals surface area (Å²) in [6.45, 7) is 6.73. The average Bonchev–Trinajstić information content (AvgIpc) is 3.47. The third kappa shape index (κ3) is 5.30. The van der Waals surface area contributed by atoms with Gasteiger partial charge in [-0.15, -0.1) is 0 Å². The molecule has 0 fully saturated rings. The van der Waals surface area contributed by atoms with Crippen molar-refractivity contribution < 1.29 is 19.4 Å². The molecule has 1 aromatic heterocycles. The topological polar surface area (TPSA) is 82.6 Å². The van der Waals surface area contributed by atoms with E-state index in [1.54, 1.807) is 18.1 Å². The lowest BCUT2D eigenvalue weighted by atomic mass is 9.85. The van der Waals surface area contributed by atoms with Crippen molar-refractivity contribution in [1.29, 1.82) is 0 Å². The van der Waals surface area contributed by atoms with Gasteiger partial charge >= 0.3 is 0 Å². The molecule has 6 heteroatoms. The zero-order valence-electron chi connectivity index (χ0n) is 23.3. The summed E-state index contributed by atoms with van der Waals surface area (Å²) in [6.07, 6.45) is 5.60. The predicted molar refractivity (Wildman–Crippen MR) is 158 cm³/mol. The number of amides is 1. The highest BCUT2D eigenvalue weighted by Gasteiger charge is 2.42. The molecule has 6 nitrogen and oxygen atoms in total. The minimum Gasteiger partial charge on any atom is -0.503 e. The third-order valence-electron chi connectivity index (χ3n) is 7.48. The molecule has 1 amide bonds. The van der Waals surface area contributed by atoms with E-state index >= 15 is 0 Å². The van der Waals surface area contributed by atoms with Crippen LogP contribution in [-0.2, 0) is 21.4 Å². The Bertz CT molecular complexity index is 1610. The van der Waals surface area contributed by atoms with E-state index in [0.717, 1.165) is 38.9 Å². The zero-order chi connectivity index (χ0) is 28.4. The van der Waals surface area contributed by atoms with Crippen molar-refractivity contribution in [3.05, 3.63) is 119 Å². The van der Waals surface area contributed by atoms with Gasteiger partial charge in [0.05, 0.1) is 18.7 Å². The number of aromatic amines is 1. The molecule has 0 unspecified atom stereocenters. The minimum atomic E-state index is -0.700. The standard InChI is InChI=1S/C34H34N2O4/c1-34(2,3)25-13-11-23(12-14-25)31-30(29(37)17-10-22-8-6-5-7-9-22)32(38)33(39)36(31)19-18-24-21-35-28-16-15-26(40-4)20-27(24)28/h5-17,20-21,31,35,38H,18-19H2,1-4H3/b17-10+/t31-/m1/s1. The molecule has 0 saturated heterocycles. The van der Waals surface area contributed by atoms with Crippen molar-refractivity contribution in [2.24, 2.45) is 0 Å². The molecule has 4 aromatic rings. The van der Waals surface area contributed by atoms with Crippen molar-refractivity contribution in [3.8, 4) is 5.75 Å². The van der Waals surface area contributed by atoms with Crippen LogP contribution in [0, 0.1) is 0 Å². The van der Waals surface area contributed by atoms with Gasteiger partial charge in [0.1, 0.15) is 5.75 Å². The summed E-state index contributed by atoms with van der Waals surface area (Å²) in [4.78, 5) is 31.8. The zero-order valence-corrected chi connectivity index (χ0v) is 23.3. The lowest BCUT2D eigenvalue weighted by molar-refractivity contribution is -0.129. The van der Waals surface area contributed by atoms with Crippen LogP contribution in [0.1, 0.15) is 49.1 Å². The van der Waals surface area contributed by atoms with Gasteiger partial charge in [-0.25, -0.2) is 0 Å². The maximum absolute atomic E-state index is 13.5. The maximum Gasteiger partial charge on any atom is 0.290 e. The number of rotatable bonds is 8. The number of fused-ring (bicyclic) bond motifs is 1. The number of H-pyrrole nitrogens is 1. The van der Waals surface area contributed by atoms with Crippen molar-refractivity contribution in [2.75, 3.05) is 13.7 Å². The quantitative estimate of drug-likeness (QED) is 0.247. The number of benzene rings is 3. The predicted octanol–water partition coefficient (Wildman–Crippen LogP) is 6.69. The van der Waals surface area contributed by atoms with Crippen LogP contribution < -0.4 is 4.74 Å². The Morgan fingerprint density at radius 1 is 1.05 bits per heavy atom. The minimum absolute atomic E-state index is 0.0465. The molecular weight excluding hydrogens is 500 g/mol. The number of nitrogens with zero attached hydrogens (tertiary/aromatic N) is 1. The second-order valence-corrected chi connectivity index (χ2v) is 11.1. The normalized spacial score (nSPS) is 15.9. The largest absolute Gasteiger partial charge is 0.503 e. The summed E-state index contributed by atoms with van der Waals surface area (Å²) in [5.74, 6) is -0.675. The van der Waals surface area contributed by atoms with E-state index in [4.69, 9.17) is 4.74 Å². The first kappa shape index (κ1) is 27.0. The molecule has 5 rings (SSSR count). The number of aliphatic hydroxyl groups is 1. The van der Waals surface area contributed by atoms with Gasteiger partial charge in [-0.05, 0) is 58.4 Å². The number of hydrogen-bond donors (Lipinski definition) is 2. The first-order chi connectivity index (χ1) is 19.2. The molecular formula is C34H34N2O4. The second-order valence-electron chi connectivity index (χ2n) is 11.1. The van der Waals surface area contributed by atoms with Crippen molar-refractivity contribution in [1.82, 2.24) is 9.88 Å². The average molecular weight is 535 g/mol. The van der Waals surface area contributed by atoms with Crippen LogP contribution in [0.25, 0.3) is 17.0 Å². The van der Waals surface area contributed by atoms with E-state index < -0.39 is 17.7 Å². The number of methoxy groups -OCH3 is 1. The molecule has 0 aliphatic carbocycles. The van der Waals surface area contributed by atoms with Crippen LogP contribution in [-0.4, -0.2) is 40.3 Å².